The largest absolute Gasteiger partial charge is 0.399 e. The molecule has 3 N–H and O–H groups in total. The van der Waals surface area contributed by atoms with Crippen molar-refractivity contribution in [1.82, 2.24) is 4.98 Å². The number of pyridine rings is 1. The lowest BCUT2D eigenvalue weighted by Gasteiger charge is -2.17. The molecule has 1 aliphatic carbocycles. The van der Waals surface area contributed by atoms with Gasteiger partial charge in [0.1, 0.15) is 11.9 Å². The summed E-state index contributed by atoms with van der Waals surface area (Å²) in [4.78, 5) is 4.63. The molecule has 4 heteroatoms. The van der Waals surface area contributed by atoms with Crippen LogP contribution in [-0.4, -0.2) is 4.98 Å². The van der Waals surface area contributed by atoms with E-state index >= 15 is 0 Å². The first-order chi connectivity index (χ1) is 9.76. The second-order valence-electron chi connectivity index (χ2n) is 5.06. The Bertz CT molecular complexity index is 685. The number of rotatable bonds is 2. The van der Waals surface area contributed by atoms with Crippen LogP contribution in [0.1, 0.15) is 29.7 Å². The van der Waals surface area contributed by atoms with Crippen molar-refractivity contribution in [1.29, 1.82) is 5.26 Å². The number of nitrogens with two attached hydrogens (primary N) is 1. The van der Waals surface area contributed by atoms with Crippen LogP contribution in [0.5, 0.6) is 0 Å². The van der Waals surface area contributed by atoms with Crippen LogP contribution in [0.25, 0.3) is 0 Å². The van der Waals surface area contributed by atoms with Gasteiger partial charge >= 0.3 is 0 Å². The maximum absolute atomic E-state index is 9.30. The van der Waals surface area contributed by atoms with E-state index in [0.717, 1.165) is 24.2 Å². The van der Waals surface area contributed by atoms with Crippen LogP contribution in [-0.2, 0) is 12.8 Å². The summed E-state index contributed by atoms with van der Waals surface area (Å²) in [5, 5.41) is 12.5. The van der Waals surface area contributed by atoms with E-state index in [1.165, 1.54) is 18.4 Å². The molecule has 4 nitrogen and oxygen atoms in total. The van der Waals surface area contributed by atoms with E-state index in [-0.39, 0.29) is 0 Å². The van der Waals surface area contributed by atoms with Gasteiger partial charge in [-0.05, 0) is 55.5 Å². The third-order valence-electron chi connectivity index (χ3n) is 3.57. The van der Waals surface area contributed by atoms with Crippen LogP contribution >= 0.6 is 0 Å². The van der Waals surface area contributed by atoms with Crippen molar-refractivity contribution in [3.05, 3.63) is 47.2 Å². The van der Waals surface area contributed by atoms with Crippen molar-refractivity contribution >= 4 is 17.2 Å². The molecule has 20 heavy (non-hydrogen) atoms. The number of hydrogen-bond donors (Lipinski definition) is 2. The summed E-state index contributed by atoms with van der Waals surface area (Å²) >= 11 is 0. The second kappa shape index (κ2) is 5.22. The first kappa shape index (κ1) is 12.5. The highest BCUT2D eigenvalue weighted by Gasteiger charge is 2.15. The van der Waals surface area contributed by atoms with Gasteiger partial charge in [0.2, 0.25) is 0 Å². The smallest absolute Gasteiger partial charge is 0.148 e. The molecular formula is C16H16N4. The number of anilines is 3. The van der Waals surface area contributed by atoms with Crippen molar-refractivity contribution in [3.63, 3.8) is 0 Å². The lowest BCUT2D eigenvalue weighted by atomic mass is 9.95. The molecular weight excluding hydrogens is 248 g/mol. The Hall–Kier alpha value is -2.54. The zero-order valence-corrected chi connectivity index (χ0v) is 11.2. The summed E-state index contributed by atoms with van der Waals surface area (Å²) < 4.78 is 0. The van der Waals surface area contributed by atoms with E-state index in [1.54, 1.807) is 0 Å². The monoisotopic (exact) mass is 264 g/mol. The third kappa shape index (κ3) is 2.43. The van der Waals surface area contributed by atoms with Crippen LogP contribution in [0.2, 0.25) is 0 Å². The van der Waals surface area contributed by atoms with E-state index in [4.69, 9.17) is 5.73 Å². The van der Waals surface area contributed by atoms with Crippen molar-refractivity contribution in [3.8, 4) is 6.07 Å². The van der Waals surface area contributed by atoms with Gasteiger partial charge in [0.15, 0.2) is 0 Å². The van der Waals surface area contributed by atoms with E-state index in [9.17, 15) is 5.26 Å². The lowest BCUT2D eigenvalue weighted by molar-refractivity contribution is 0.668. The van der Waals surface area contributed by atoms with Gasteiger partial charge in [0.25, 0.3) is 0 Å². The number of fused-ring (bicyclic) bond motifs is 1. The first-order valence-electron chi connectivity index (χ1n) is 6.82. The molecule has 0 bridgehead atoms. The van der Waals surface area contributed by atoms with E-state index < -0.39 is 0 Å². The molecule has 2 aromatic rings. The molecule has 0 atom stereocenters. The number of nitrogens with zero attached hydrogens (tertiary/aromatic N) is 2. The number of benzene rings is 1. The number of aryl methyl sites for hydroxylation is 2. The van der Waals surface area contributed by atoms with Crippen molar-refractivity contribution in [2.75, 3.05) is 11.1 Å². The van der Waals surface area contributed by atoms with Gasteiger partial charge < -0.3 is 11.1 Å². The Morgan fingerprint density at radius 2 is 2.05 bits per heavy atom. The van der Waals surface area contributed by atoms with Crippen molar-refractivity contribution in [2.24, 2.45) is 0 Å². The normalized spacial score (nSPS) is 13.3. The standard InChI is InChI=1S/C16H16N4/c17-10-12-8-11-4-1-2-7-15(11)20-16(12)19-14-6-3-5-13(18)9-14/h3,5-6,8-9H,1-2,4,7,18H2,(H,19,20). The highest BCUT2D eigenvalue weighted by Crippen LogP contribution is 2.26. The number of nitrogens with one attached hydrogen (secondary N) is 1. The van der Waals surface area contributed by atoms with Crippen molar-refractivity contribution < 1.29 is 0 Å². The summed E-state index contributed by atoms with van der Waals surface area (Å²) in [5.41, 5.74) is 10.2. The highest BCUT2D eigenvalue weighted by molar-refractivity contribution is 5.66. The molecule has 0 amide bonds. The maximum Gasteiger partial charge on any atom is 0.148 e. The van der Waals surface area contributed by atoms with E-state index in [1.807, 2.05) is 30.3 Å². The highest BCUT2D eigenvalue weighted by atomic mass is 15.0. The minimum Gasteiger partial charge on any atom is -0.399 e. The minimum atomic E-state index is 0.591. The van der Waals surface area contributed by atoms with Gasteiger partial charge in [-0.3, -0.25) is 0 Å². The van der Waals surface area contributed by atoms with Gasteiger partial charge in [-0.15, -0.1) is 0 Å². The van der Waals surface area contributed by atoms with Crippen molar-refractivity contribution in [2.45, 2.75) is 25.7 Å². The summed E-state index contributed by atoms with van der Waals surface area (Å²) in [6, 6.07) is 11.7. The molecule has 0 aliphatic heterocycles. The zero-order valence-electron chi connectivity index (χ0n) is 11.2. The fraction of sp³-hybridized carbons (Fsp3) is 0.250. The summed E-state index contributed by atoms with van der Waals surface area (Å²) in [5.74, 6) is 0.624. The number of nitriles is 1. The molecule has 0 saturated heterocycles. The zero-order chi connectivity index (χ0) is 13.9. The summed E-state index contributed by atoms with van der Waals surface area (Å²) in [6.45, 7) is 0. The third-order valence-corrected chi connectivity index (χ3v) is 3.57. The molecule has 0 radical (unpaired) electrons. The van der Waals surface area contributed by atoms with Crippen LogP contribution in [0.15, 0.2) is 30.3 Å². The predicted molar refractivity (Wildman–Crippen MR) is 79.7 cm³/mol. The Kier molecular flexibility index (Phi) is 3.26. The fourth-order valence-electron chi connectivity index (χ4n) is 2.57. The molecule has 1 heterocycles. The van der Waals surface area contributed by atoms with Crippen LogP contribution in [0.4, 0.5) is 17.2 Å². The average molecular weight is 264 g/mol. The lowest BCUT2D eigenvalue weighted by Crippen LogP contribution is -2.09. The van der Waals surface area contributed by atoms with Gasteiger partial charge in [0.05, 0.1) is 5.56 Å². The quantitative estimate of drug-likeness (QED) is 0.817. The SMILES string of the molecule is N#Cc1cc2c(nc1Nc1cccc(N)c1)CCCC2. The number of nitrogen functional groups attached to an aromatic ring is 1. The van der Waals surface area contributed by atoms with Crippen LogP contribution in [0, 0.1) is 11.3 Å². The molecule has 0 fully saturated rings. The van der Waals surface area contributed by atoms with Gasteiger partial charge in [-0.1, -0.05) is 6.07 Å². The van der Waals surface area contributed by atoms with Gasteiger partial charge in [-0.2, -0.15) is 5.26 Å². The predicted octanol–water partition coefficient (Wildman–Crippen LogP) is 3.16. The number of aromatic nitrogens is 1. The molecule has 3 rings (SSSR count). The summed E-state index contributed by atoms with van der Waals surface area (Å²) in [6.07, 6.45) is 4.37. The van der Waals surface area contributed by atoms with Gasteiger partial charge in [-0.25, -0.2) is 4.98 Å². The second-order valence-corrected chi connectivity index (χ2v) is 5.06. The molecule has 1 aliphatic rings. The number of hydrogen-bond acceptors (Lipinski definition) is 4. The Labute approximate surface area is 118 Å². The molecule has 0 saturated carbocycles. The first-order valence-corrected chi connectivity index (χ1v) is 6.82. The summed E-state index contributed by atoms with van der Waals surface area (Å²) in [7, 11) is 0. The molecule has 1 aromatic heterocycles. The minimum absolute atomic E-state index is 0.591. The van der Waals surface area contributed by atoms with Gasteiger partial charge in [0, 0.05) is 17.1 Å². The molecule has 1 aromatic carbocycles. The van der Waals surface area contributed by atoms with Crippen LogP contribution < -0.4 is 11.1 Å². The fourth-order valence-corrected chi connectivity index (χ4v) is 2.57. The Morgan fingerprint density at radius 3 is 2.85 bits per heavy atom. The maximum atomic E-state index is 9.30. The Balaban J connectivity index is 1.98. The molecule has 0 unspecified atom stereocenters. The van der Waals surface area contributed by atoms with Crippen LogP contribution in [0.3, 0.4) is 0 Å². The molecule has 0 spiro atoms. The average Bonchev–Trinajstić information content (AvgIpc) is 2.46. The van der Waals surface area contributed by atoms with E-state index in [0.29, 0.717) is 17.1 Å². The topological polar surface area (TPSA) is 74.7 Å². The Morgan fingerprint density at radius 1 is 1.20 bits per heavy atom. The van der Waals surface area contributed by atoms with E-state index in [2.05, 4.69) is 16.4 Å². The molecule has 100 valence electrons.